The average Bonchev–Trinajstić information content (AvgIpc) is 3.49. The van der Waals surface area contributed by atoms with Gasteiger partial charge in [0.15, 0.2) is 5.84 Å². The standard InChI is InChI=1S/C15H13Cl2N3O2.C15H19N3O4/c1-2-7-22-13-9-12(10(16)8-11(13)17)20-15(21)19-6-4-3-5-14(19)18-20;1-8(2)15(3)14(21)17-12(18-15)11-10(13(19)20)5-9(6-16-11)7-22-4/h1,8-9H,3-7H2;5-6,8H,7H2,1-4H3,(H,19,20)(H,17,18,21). The zero-order valence-corrected chi connectivity index (χ0v) is 26.2. The second-order valence-electron chi connectivity index (χ2n) is 10.6. The van der Waals surface area contributed by atoms with E-state index in [4.69, 9.17) is 39.1 Å². The normalized spacial score (nSPS) is 17.2. The number of hydrogen-bond acceptors (Lipinski definition) is 8. The van der Waals surface area contributed by atoms with Crippen LogP contribution in [0.25, 0.3) is 5.69 Å². The smallest absolute Gasteiger partial charge is 0.350 e. The molecule has 1 unspecified atom stereocenters. The van der Waals surface area contributed by atoms with Crippen LogP contribution in [-0.2, 0) is 29.1 Å². The van der Waals surface area contributed by atoms with Gasteiger partial charge in [-0.2, -0.15) is 4.68 Å². The first-order chi connectivity index (χ1) is 20.9. The number of amidine groups is 1. The number of rotatable bonds is 8. The molecule has 0 bridgehead atoms. The van der Waals surface area contributed by atoms with E-state index in [1.165, 1.54) is 30.1 Å². The summed E-state index contributed by atoms with van der Waals surface area (Å²) in [4.78, 5) is 44.6. The molecule has 2 aliphatic heterocycles. The van der Waals surface area contributed by atoms with Crippen molar-refractivity contribution in [2.75, 3.05) is 13.7 Å². The summed E-state index contributed by atoms with van der Waals surface area (Å²) in [6, 6.07) is 4.59. The van der Waals surface area contributed by atoms with Gasteiger partial charge in [0.1, 0.15) is 29.4 Å². The molecular weight excluding hydrogens is 611 g/mol. The van der Waals surface area contributed by atoms with Gasteiger partial charge in [-0.15, -0.1) is 11.5 Å². The van der Waals surface area contributed by atoms with Crippen molar-refractivity contribution in [3.05, 3.63) is 67.6 Å². The highest BCUT2D eigenvalue weighted by Crippen LogP contribution is 2.33. The molecule has 0 aliphatic carbocycles. The number of hydrogen-bond donors (Lipinski definition) is 2. The molecule has 2 aromatic heterocycles. The van der Waals surface area contributed by atoms with E-state index in [0.717, 1.165) is 25.1 Å². The number of amides is 1. The molecule has 2 aliphatic rings. The lowest BCUT2D eigenvalue weighted by Crippen LogP contribution is -2.41. The Kier molecular flexibility index (Phi) is 10.1. The van der Waals surface area contributed by atoms with Crippen LogP contribution in [0.1, 0.15) is 61.1 Å². The van der Waals surface area contributed by atoms with Crippen molar-refractivity contribution in [3.63, 3.8) is 0 Å². The third kappa shape index (κ3) is 6.65. The number of aryl methyl sites for hydroxylation is 1. The van der Waals surface area contributed by atoms with Crippen LogP contribution in [0.3, 0.4) is 0 Å². The van der Waals surface area contributed by atoms with Crippen molar-refractivity contribution in [2.45, 2.75) is 58.7 Å². The fourth-order valence-electron chi connectivity index (χ4n) is 4.62. The minimum atomic E-state index is -1.13. The molecule has 2 N–H and O–H groups in total. The Morgan fingerprint density at radius 1 is 1.23 bits per heavy atom. The summed E-state index contributed by atoms with van der Waals surface area (Å²) in [5, 5.41) is 17.1. The Balaban J connectivity index is 0.000000201. The number of benzene rings is 1. The fraction of sp³-hybridized carbons (Fsp3) is 0.400. The third-order valence-corrected chi connectivity index (χ3v) is 7.98. The van der Waals surface area contributed by atoms with Gasteiger partial charge in [0.25, 0.3) is 5.91 Å². The van der Waals surface area contributed by atoms with Gasteiger partial charge >= 0.3 is 11.7 Å². The molecule has 232 valence electrons. The number of carboxylic acids is 1. The number of carboxylic acid groups (broad SMARTS) is 1. The van der Waals surface area contributed by atoms with Crippen LogP contribution in [0.15, 0.2) is 34.2 Å². The molecule has 5 rings (SSSR count). The van der Waals surface area contributed by atoms with Gasteiger partial charge in [0.2, 0.25) is 0 Å². The molecule has 3 aromatic rings. The number of halogens is 2. The van der Waals surface area contributed by atoms with E-state index in [1.54, 1.807) is 17.6 Å². The van der Waals surface area contributed by atoms with Gasteiger partial charge in [0, 0.05) is 32.3 Å². The van der Waals surface area contributed by atoms with E-state index in [-0.39, 0.29) is 47.8 Å². The Hall–Kier alpha value is -4.18. The Morgan fingerprint density at radius 2 is 1.98 bits per heavy atom. The van der Waals surface area contributed by atoms with Gasteiger partial charge in [-0.1, -0.05) is 43.0 Å². The summed E-state index contributed by atoms with van der Waals surface area (Å²) in [5.74, 6) is 2.30. The van der Waals surface area contributed by atoms with Gasteiger partial charge in [-0.05, 0) is 43.4 Å². The van der Waals surface area contributed by atoms with E-state index in [2.05, 4.69) is 26.3 Å². The monoisotopic (exact) mass is 642 g/mol. The Morgan fingerprint density at radius 3 is 2.59 bits per heavy atom. The van der Waals surface area contributed by atoms with Crippen LogP contribution < -0.4 is 15.7 Å². The van der Waals surface area contributed by atoms with E-state index in [9.17, 15) is 19.5 Å². The molecule has 0 spiro atoms. The molecule has 1 amide bonds. The molecule has 0 saturated carbocycles. The second-order valence-corrected chi connectivity index (χ2v) is 11.5. The number of pyridine rings is 1. The number of carbonyl (C=O) groups excluding carboxylic acids is 1. The molecule has 1 aromatic carbocycles. The van der Waals surface area contributed by atoms with Crippen LogP contribution in [0.2, 0.25) is 10.0 Å². The molecule has 14 heteroatoms. The van der Waals surface area contributed by atoms with Crippen LogP contribution in [0.4, 0.5) is 0 Å². The first-order valence-corrected chi connectivity index (χ1v) is 14.5. The molecule has 0 radical (unpaired) electrons. The fourth-order valence-corrected chi connectivity index (χ4v) is 5.14. The van der Waals surface area contributed by atoms with Crippen molar-refractivity contribution in [3.8, 4) is 23.8 Å². The topological polar surface area (TPSA) is 150 Å². The van der Waals surface area contributed by atoms with E-state index < -0.39 is 11.5 Å². The maximum Gasteiger partial charge on any atom is 0.350 e. The molecular formula is C30H32Cl2N6O6. The molecule has 12 nitrogen and oxygen atoms in total. The average molecular weight is 644 g/mol. The van der Waals surface area contributed by atoms with Crippen molar-refractivity contribution < 1.29 is 24.2 Å². The minimum Gasteiger partial charge on any atom is -0.479 e. The van der Waals surface area contributed by atoms with E-state index >= 15 is 0 Å². The number of nitrogens with one attached hydrogen (secondary N) is 1. The van der Waals surface area contributed by atoms with Gasteiger partial charge < -0.3 is 19.9 Å². The molecule has 44 heavy (non-hydrogen) atoms. The highest BCUT2D eigenvalue weighted by atomic mass is 35.5. The van der Waals surface area contributed by atoms with Crippen molar-refractivity contribution in [2.24, 2.45) is 10.9 Å². The number of aliphatic imine (C=N–C) groups is 1. The largest absolute Gasteiger partial charge is 0.479 e. The molecule has 0 fully saturated rings. The number of carbonyl (C=O) groups is 2. The van der Waals surface area contributed by atoms with E-state index in [1.807, 2.05) is 13.8 Å². The van der Waals surface area contributed by atoms with Gasteiger partial charge in [-0.3, -0.25) is 14.3 Å². The summed E-state index contributed by atoms with van der Waals surface area (Å²) in [6.07, 6.45) is 9.49. The van der Waals surface area contributed by atoms with Crippen LogP contribution in [-0.4, -0.2) is 61.4 Å². The number of aromatic carboxylic acids is 1. The van der Waals surface area contributed by atoms with Crippen LogP contribution in [0.5, 0.6) is 5.75 Å². The highest BCUT2D eigenvalue weighted by Gasteiger charge is 2.43. The van der Waals surface area contributed by atoms with Crippen LogP contribution >= 0.6 is 23.2 Å². The van der Waals surface area contributed by atoms with E-state index in [0.29, 0.717) is 33.6 Å². The summed E-state index contributed by atoms with van der Waals surface area (Å²) in [5.41, 5.74) is 0.0940. The number of fused-ring (bicyclic) bond motifs is 1. The van der Waals surface area contributed by atoms with Crippen molar-refractivity contribution >= 4 is 40.9 Å². The Bertz CT molecular complexity index is 1720. The zero-order valence-electron chi connectivity index (χ0n) is 24.7. The number of aromatic nitrogens is 4. The summed E-state index contributed by atoms with van der Waals surface area (Å²) in [6.45, 7) is 6.52. The predicted molar refractivity (Wildman–Crippen MR) is 165 cm³/mol. The lowest BCUT2D eigenvalue weighted by atomic mass is 9.89. The van der Waals surface area contributed by atoms with Crippen molar-refractivity contribution in [1.82, 2.24) is 24.6 Å². The van der Waals surface area contributed by atoms with Gasteiger partial charge in [-0.25, -0.2) is 14.6 Å². The first kappa shape index (κ1) is 32.7. The highest BCUT2D eigenvalue weighted by molar-refractivity contribution is 6.36. The lowest BCUT2D eigenvalue weighted by Gasteiger charge is -2.21. The molecule has 4 heterocycles. The molecule has 0 saturated heterocycles. The minimum absolute atomic E-state index is 0.0124. The van der Waals surface area contributed by atoms with Crippen molar-refractivity contribution in [1.29, 1.82) is 0 Å². The number of terminal acetylenes is 1. The number of ether oxygens (including phenoxy) is 2. The predicted octanol–water partition coefficient (Wildman–Crippen LogP) is 3.91. The summed E-state index contributed by atoms with van der Waals surface area (Å²) in [7, 11) is 1.52. The number of methoxy groups -OCH3 is 1. The summed E-state index contributed by atoms with van der Waals surface area (Å²) >= 11 is 12.3. The zero-order chi connectivity index (χ0) is 32.2. The molecule has 1 atom stereocenters. The maximum atomic E-state index is 12.5. The first-order valence-electron chi connectivity index (χ1n) is 13.8. The second kappa shape index (κ2) is 13.6. The quantitative estimate of drug-likeness (QED) is 0.351. The Labute approximate surface area is 264 Å². The SMILES string of the molecule is C#CCOc1cc(-n2nc3n(c2=O)CCCC3)c(Cl)cc1Cl.COCc1cnc(C2=NC(C)(C(C)C)C(=O)N2)c(C(=O)O)c1. The lowest BCUT2D eigenvalue weighted by molar-refractivity contribution is -0.124. The number of nitrogens with zero attached hydrogens (tertiary/aromatic N) is 5. The summed E-state index contributed by atoms with van der Waals surface area (Å²) < 4.78 is 13.3. The maximum absolute atomic E-state index is 12.5. The van der Waals surface area contributed by atoms with Crippen LogP contribution in [0, 0.1) is 18.3 Å². The third-order valence-electron chi connectivity index (χ3n) is 7.38. The van der Waals surface area contributed by atoms with Gasteiger partial charge in [0.05, 0.1) is 27.9 Å².